The number of aliphatic hydroxyl groups is 1. The van der Waals surface area contributed by atoms with Gasteiger partial charge in [-0.25, -0.2) is 18.2 Å². The van der Waals surface area contributed by atoms with E-state index in [4.69, 9.17) is 5.11 Å². The zero-order valence-corrected chi connectivity index (χ0v) is 15.2. The number of aliphatic carboxylic acids is 1. The molecule has 9 nitrogen and oxygen atoms in total. The van der Waals surface area contributed by atoms with Gasteiger partial charge in [-0.05, 0) is 42.5 Å². The van der Waals surface area contributed by atoms with E-state index in [-0.39, 0.29) is 28.5 Å². The lowest BCUT2D eigenvalue weighted by Crippen LogP contribution is -2.14. The number of benzene rings is 1. The number of azo groups is 1. The number of carboxylic acids is 1. The number of hydrogen-bond acceptors (Lipinski definition) is 7. The first kappa shape index (κ1) is 19.2. The molecule has 1 heterocycles. The lowest BCUT2D eigenvalue weighted by atomic mass is 10.00. The fourth-order valence-corrected chi connectivity index (χ4v) is 3.42. The molecule has 144 valence electrons. The number of carbonyl (C=O) groups is 1. The number of anilines is 1. The molecule has 0 bridgehead atoms. The molecule has 1 unspecified atom stereocenters. The van der Waals surface area contributed by atoms with Crippen LogP contribution >= 0.6 is 0 Å². The summed E-state index contributed by atoms with van der Waals surface area (Å²) in [5.41, 5.74) is 0.273. The number of carboxylic acid groups (broad SMARTS) is 1. The number of hydrogen-bond donors (Lipinski definition) is 3. The van der Waals surface area contributed by atoms with Crippen LogP contribution in [0.4, 0.5) is 11.5 Å². The van der Waals surface area contributed by atoms with Gasteiger partial charge in [0.1, 0.15) is 11.6 Å². The summed E-state index contributed by atoms with van der Waals surface area (Å²) in [6, 6.07) is 10.1. The van der Waals surface area contributed by atoms with Gasteiger partial charge < -0.3 is 10.2 Å². The lowest BCUT2D eigenvalue weighted by Gasteiger charge is -2.13. The van der Waals surface area contributed by atoms with E-state index in [2.05, 4.69) is 19.9 Å². The largest absolute Gasteiger partial charge is 0.507 e. The second-order valence-corrected chi connectivity index (χ2v) is 7.51. The van der Waals surface area contributed by atoms with Gasteiger partial charge in [0.05, 0.1) is 22.2 Å². The van der Waals surface area contributed by atoms with Gasteiger partial charge in [-0.15, -0.1) is 0 Å². The molecule has 3 N–H and O–H groups in total. The first-order chi connectivity index (χ1) is 13.3. The van der Waals surface area contributed by atoms with E-state index in [1.54, 1.807) is 18.2 Å². The van der Waals surface area contributed by atoms with Crippen LogP contribution in [0, 0.1) is 0 Å². The lowest BCUT2D eigenvalue weighted by molar-refractivity contribution is -0.133. The Morgan fingerprint density at radius 2 is 1.93 bits per heavy atom. The van der Waals surface area contributed by atoms with E-state index in [0.29, 0.717) is 5.69 Å². The maximum Gasteiger partial charge on any atom is 0.335 e. The third kappa shape index (κ3) is 4.60. The van der Waals surface area contributed by atoms with Crippen molar-refractivity contribution in [1.29, 1.82) is 0 Å². The number of allylic oxidation sites excluding steroid dienone is 1. The summed E-state index contributed by atoms with van der Waals surface area (Å²) in [6.45, 7) is 0. The first-order valence-corrected chi connectivity index (χ1v) is 9.62. The van der Waals surface area contributed by atoms with Crippen molar-refractivity contribution < 1.29 is 23.4 Å². The Bertz CT molecular complexity index is 1060. The number of nitrogens with zero attached hydrogens (tertiary/aromatic N) is 3. The van der Waals surface area contributed by atoms with Crippen molar-refractivity contribution in [2.24, 2.45) is 10.2 Å². The second kappa shape index (κ2) is 8.01. The molecule has 1 aliphatic rings. The molecule has 10 heteroatoms. The summed E-state index contributed by atoms with van der Waals surface area (Å²) in [5, 5.41) is 26.6. The molecule has 0 saturated heterocycles. The van der Waals surface area contributed by atoms with Crippen molar-refractivity contribution in [3.63, 3.8) is 0 Å². The molecule has 2 aromatic rings. The number of rotatable bonds is 6. The monoisotopic (exact) mass is 400 g/mol. The number of aromatic nitrogens is 1. The average Bonchev–Trinajstić information content (AvgIpc) is 2.68. The summed E-state index contributed by atoms with van der Waals surface area (Å²) < 4.78 is 27.1. The third-order valence-corrected chi connectivity index (χ3v) is 5.20. The number of aliphatic hydroxyl groups excluding tert-OH is 1. The second-order valence-electron chi connectivity index (χ2n) is 5.83. The molecule has 1 aromatic heterocycles. The third-order valence-electron chi connectivity index (χ3n) is 3.83. The minimum atomic E-state index is -3.78. The van der Waals surface area contributed by atoms with E-state index in [9.17, 15) is 18.3 Å². The van der Waals surface area contributed by atoms with Crippen LogP contribution in [0.25, 0.3) is 0 Å². The molecular formula is C18H16N4O5S. The van der Waals surface area contributed by atoms with Crippen molar-refractivity contribution in [3.8, 4) is 0 Å². The van der Waals surface area contributed by atoms with Crippen LogP contribution in [0.1, 0.15) is 6.42 Å². The summed E-state index contributed by atoms with van der Waals surface area (Å²) in [5.74, 6) is -1.30. The molecule has 0 radical (unpaired) electrons. The van der Waals surface area contributed by atoms with E-state index in [1.807, 2.05) is 0 Å². The van der Waals surface area contributed by atoms with Gasteiger partial charge in [0.15, 0.2) is 0 Å². The van der Waals surface area contributed by atoms with Crippen LogP contribution in [0.3, 0.4) is 0 Å². The first-order valence-electron chi connectivity index (χ1n) is 8.13. The average molecular weight is 400 g/mol. The van der Waals surface area contributed by atoms with Gasteiger partial charge in [-0.3, -0.25) is 4.72 Å². The Morgan fingerprint density at radius 1 is 1.18 bits per heavy atom. The van der Waals surface area contributed by atoms with Crippen LogP contribution in [-0.4, -0.2) is 35.6 Å². The highest BCUT2D eigenvalue weighted by Gasteiger charge is 2.21. The minimum absolute atomic E-state index is 0.0155. The number of pyridine rings is 1. The maximum atomic E-state index is 12.4. The van der Waals surface area contributed by atoms with Crippen molar-refractivity contribution in [2.75, 3.05) is 4.72 Å². The van der Waals surface area contributed by atoms with Crippen molar-refractivity contribution in [3.05, 3.63) is 72.1 Å². The Morgan fingerprint density at radius 3 is 2.57 bits per heavy atom. The van der Waals surface area contributed by atoms with E-state index >= 15 is 0 Å². The zero-order chi connectivity index (χ0) is 20.1. The Kier molecular flexibility index (Phi) is 5.50. The molecule has 0 aliphatic heterocycles. The molecule has 1 atom stereocenters. The molecule has 28 heavy (non-hydrogen) atoms. The highest BCUT2D eigenvalue weighted by molar-refractivity contribution is 7.92. The van der Waals surface area contributed by atoms with Gasteiger partial charge >= 0.3 is 5.97 Å². The van der Waals surface area contributed by atoms with Gasteiger partial charge in [0.25, 0.3) is 10.0 Å². The molecule has 3 rings (SSSR count). The number of nitrogens with one attached hydrogen (secondary N) is 1. The molecule has 0 saturated carbocycles. The fraction of sp³-hybridized carbons (Fsp3) is 0.111. The molecule has 0 amide bonds. The highest BCUT2D eigenvalue weighted by Crippen LogP contribution is 2.23. The van der Waals surface area contributed by atoms with Gasteiger partial charge in [0.2, 0.25) is 0 Å². The Labute approximate surface area is 160 Å². The van der Waals surface area contributed by atoms with Crippen LogP contribution in [0.5, 0.6) is 0 Å². The molecular weight excluding hydrogens is 384 g/mol. The van der Waals surface area contributed by atoms with Crippen LogP contribution < -0.4 is 4.72 Å². The maximum absolute atomic E-state index is 12.4. The molecule has 0 spiro atoms. The predicted octanol–water partition coefficient (Wildman–Crippen LogP) is 3.19. The topological polar surface area (TPSA) is 141 Å². The van der Waals surface area contributed by atoms with Crippen LogP contribution in [-0.2, 0) is 14.8 Å². The van der Waals surface area contributed by atoms with Gasteiger partial charge in [-0.2, -0.15) is 10.2 Å². The van der Waals surface area contributed by atoms with Crippen LogP contribution in [0.2, 0.25) is 0 Å². The summed E-state index contributed by atoms with van der Waals surface area (Å²) in [6.07, 6.45) is 4.31. The molecule has 1 aliphatic carbocycles. The van der Waals surface area contributed by atoms with Crippen molar-refractivity contribution >= 4 is 27.5 Å². The standard InChI is InChI=1S/C18H16N4O5S/c23-16-9-6-13(11-15(16)18(24)25)21-20-12-4-7-14(8-5-12)28(26,27)22-17-3-1-2-10-19-17/h1-10,13,23H,11H2,(H,19,22)(H,24,25). The van der Waals surface area contributed by atoms with Crippen molar-refractivity contribution in [2.45, 2.75) is 17.4 Å². The summed E-state index contributed by atoms with van der Waals surface area (Å²) >= 11 is 0. The zero-order valence-electron chi connectivity index (χ0n) is 14.4. The van der Waals surface area contributed by atoms with E-state index < -0.39 is 22.0 Å². The Balaban J connectivity index is 1.69. The SMILES string of the molecule is O=C(O)C1=C(O)C=CC(N=Nc2ccc(S(=O)(=O)Nc3ccccn3)cc2)C1. The van der Waals surface area contributed by atoms with Gasteiger partial charge in [0, 0.05) is 12.6 Å². The minimum Gasteiger partial charge on any atom is -0.507 e. The highest BCUT2D eigenvalue weighted by atomic mass is 32.2. The van der Waals surface area contributed by atoms with E-state index in [0.717, 1.165) is 0 Å². The van der Waals surface area contributed by atoms with Crippen molar-refractivity contribution in [1.82, 2.24) is 4.98 Å². The summed E-state index contributed by atoms with van der Waals surface area (Å²) in [7, 11) is -3.78. The van der Waals surface area contributed by atoms with E-state index in [1.165, 1.54) is 42.6 Å². The van der Waals surface area contributed by atoms with Gasteiger partial charge in [-0.1, -0.05) is 12.1 Å². The van der Waals surface area contributed by atoms with Crippen LogP contribution in [0.15, 0.2) is 87.3 Å². The normalized spacial score (nSPS) is 17.1. The quantitative estimate of drug-likeness (QED) is 0.636. The Hall–Kier alpha value is -3.53. The molecule has 1 aromatic carbocycles. The predicted molar refractivity (Wildman–Crippen MR) is 101 cm³/mol. The molecule has 0 fully saturated rings. The summed E-state index contributed by atoms with van der Waals surface area (Å²) in [4.78, 5) is 15.0. The number of sulfonamides is 1. The fourth-order valence-electron chi connectivity index (χ4n) is 2.41. The smallest absolute Gasteiger partial charge is 0.335 e.